The van der Waals surface area contributed by atoms with E-state index in [2.05, 4.69) is 9.71 Å². The topological polar surface area (TPSA) is 85.1 Å². The van der Waals surface area contributed by atoms with Crippen LogP contribution in [-0.2, 0) is 16.4 Å². The van der Waals surface area contributed by atoms with Crippen LogP contribution in [0.25, 0.3) is 0 Å². The summed E-state index contributed by atoms with van der Waals surface area (Å²) in [7, 11) is -4.03. The molecule has 20 heavy (non-hydrogen) atoms. The minimum absolute atomic E-state index is 0.343. The number of nitrogens with one attached hydrogen (secondary N) is 1. The van der Waals surface area contributed by atoms with Crippen LogP contribution >= 0.6 is 0 Å². The molecule has 3 N–H and O–H groups in total. The van der Waals surface area contributed by atoms with Crippen molar-refractivity contribution < 1.29 is 12.8 Å². The molecule has 2 rings (SSSR count). The van der Waals surface area contributed by atoms with Crippen molar-refractivity contribution in [3.8, 4) is 0 Å². The Labute approximate surface area is 116 Å². The number of nitrogens with two attached hydrogens (primary N) is 1. The summed E-state index contributed by atoms with van der Waals surface area (Å²) in [6.45, 7) is 0.518. The summed E-state index contributed by atoms with van der Waals surface area (Å²) in [6.07, 6.45) is 1.93. The molecule has 0 aliphatic rings. The van der Waals surface area contributed by atoms with Crippen molar-refractivity contribution in [2.75, 3.05) is 11.3 Å². The molecule has 0 aliphatic carbocycles. The molecule has 0 spiro atoms. The largest absolute Gasteiger partial charge is 0.330 e. The van der Waals surface area contributed by atoms with Gasteiger partial charge in [0.05, 0.1) is 0 Å². The highest BCUT2D eigenvalue weighted by molar-refractivity contribution is 7.92. The third-order valence-electron chi connectivity index (χ3n) is 2.62. The van der Waals surface area contributed by atoms with E-state index in [1.54, 1.807) is 24.3 Å². The fraction of sp³-hybridized carbons (Fsp3) is 0.154. The van der Waals surface area contributed by atoms with Gasteiger partial charge in [0.25, 0.3) is 10.0 Å². The third kappa shape index (κ3) is 3.31. The van der Waals surface area contributed by atoms with E-state index < -0.39 is 20.9 Å². The van der Waals surface area contributed by atoms with E-state index in [1.807, 2.05) is 0 Å². The van der Waals surface area contributed by atoms with Gasteiger partial charge >= 0.3 is 0 Å². The molecule has 0 fully saturated rings. The van der Waals surface area contributed by atoms with Gasteiger partial charge in [0.1, 0.15) is 0 Å². The van der Waals surface area contributed by atoms with Gasteiger partial charge in [-0.25, -0.2) is 9.37 Å². The van der Waals surface area contributed by atoms with E-state index in [1.165, 1.54) is 12.3 Å². The average molecular weight is 295 g/mol. The van der Waals surface area contributed by atoms with E-state index in [0.29, 0.717) is 18.7 Å². The first-order chi connectivity index (χ1) is 9.53. The Morgan fingerprint density at radius 2 is 1.90 bits per heavy atom. The average Bonchev–Trinajstić information content (AvgIpc) is 2.41. The van der Waals surface area contributed by atoms with Gasteiger partial charge < -0.3 is 5.73 Å². The van der Waals surface area contributed by atoms with Crippen molar-refractivity contribution in [1.29, 1.82) is 0 Å². The normalized spacial score (nSPS) is 11.3. The zero-order valence-corrected chi connectivity index (χ0v) is 11.4. The zero-order chi connectivity index (χ0) is 14.6. The minimum Gasteiger partial charge on any atom is -0.330 e. The molecule has 1 aromatic carbocycles. The lowest BCUT2D eigenvalue weighted by atomic mass is 10.1. The van der Waals surface area contributed by atoms with Gasteiger partial charge in [0, 0.05) is 11.9 Å². The summed E-state index contributed by atoms with van der Waals surface area (Å²) >= 11 is 0. The van der Waals surface area contributed by atoms with Gasteiger partial charge in [-0.1, -0.05) is 12.1 Å². The number of anilines is 1. The molecule has 0 aliphatic heterocycles. The van der Waals surface area contributed by atoms with Crippen LogP contribution in [0, 0.1) is 5.82 Å². The monoisotopic (exact) mass is 295 g/mol. The molecule has 1 aromatic heterocycles. The predicted octanol–water partition coefficient (Wildman–Crippen LogP) is 1.52. The van der Waals surface area contributed by atoms with E-state index in [9.17, 15) is 12.8 Å². The molecule has 106 valence electrons. The van der Waals surface area contributed by atoms with Gasteiger partial charge in [-0.3, -0.25) is 4.72 Å². The number of rotatable bonds is 5. The molecular weight excluding hydrogens is 281 g/mol. The van der Waals surface area contributed by atoms with Crippen molar-refractivity contribution in [1.82, 2.24) is 4.98 Å². The molecule has 0 saturated carbocycles. The Bertz CT molecular complexity index is 687. The molecule has 1 heterocycles. The van der Waals surface area contributed by atoms with Crippen molar-refractivity contribution in [2.24, 2.45) is 5.73 Å². The van der Waals surface area contributed by atoms with Gasteiger partial charge in [0.15, 0.2) is 5.82 Å². The zero-order valence-electron chi connectivity index (χ0n) is 10.6. The Morgan fingerprint density at radius 3 is 2.50 bits per heavy atom. The van der Waals surface area contributed by atoms with Crippen LogP contribution in [0.2, 0.25) is 0 Å². The van der Waals surface area contributed by atoms with Crippen molar-refractivity contribution in [3.05, 3.63) is 54.0 Å². The number of aromatic nitrogens is 1. The molecule has 7 heteroatoms. The van der Waals surface area contributed by atoms with E-state index in [0.717, 1.165) is 11.6 Å². The first kappa shape index (κ1) is 14.4. The van der Waals surface area contributed by atoms with Crippen LogP contribution in [0.15, 0.2) is 47.6 Å². The maximum absolute atomic E-state index is 13.5. The van der Waals surface area contributed by atoms with E-state index in [-0.39, 0.29) is 0 Å². The number of benzene rings is 1. The Balaban J connectivity index is 2.22. The molecule has 0 amide bonds. The molecule has 0 radical (unpaired) electrons. The van der Waals surface area contributed by atoms with Crippen molar-refractivity contribution >= 4 is 15.7 Å². The lowest BCUT2D eigenvalue weighted by Gasteiger charge is -2.08. The summed E-state index contributed by atoms with van der Waals surface area (Å²) in [5.74, 6) is -0.889. The number of hydrogen-bond acceptors (Lipinski definition) is 4. The molecular formula is C13H14FN3O2S. The highest BCUT2D eigenvalue weighted by atomic mass is 32.2. The van der Waals surface area contributed by atoms with E-state index >= 15 is 0 Å². The first-order valence-electron chi connectivity index (χ1n) is 5.95. The smallest absolute Gasteiger partial charge is 0.282 e. The first-order valence-corrected chi connectivity index (χ1v) is 7.43. The fourth-order valence-corrected chi connectivity index (χ4v) is 2.75. The molecule has 5 nitrogen and oxygen atoms in total. The van der Waals surface area contributed by atoms with Gasteiger partial charge in [-0.15, -0.1) is 0 Å². The van der Waals surface area contributed by atoms with Gasteiger partial charge in [-0.2, -0.15) is 8.42 Å². The lowest BCUT2D eigenvalue weighted by molar-refractivity contribution is 0.557. The molecule has 2 aromatic rings. The maximum atomic E-state index is 13.5. The summed E-state index contributed by atoms with van der Waals surface area (Å²) in [5.41, 5.74) is 6.77. The van der Waals surface area contributed by atoms with Gasteiger partial charge in [0.2, 0.25) is 5.03 Å². The van der Waals surface area contributed by atoms with E-state index in [4.69, 9.17) is 5.73 Å². The quantitative estimate of drug-likeness (QED) is 0.876. The lowest BCUT2D eigenvalue weighted by Crippen LogP contribution is -2.16. The Morgan fingerprint density at radius 1 is 1.20 bits per heavy atom. The summed E-state index contributed by atoms with van der Waals surface area (Å²) < 4.78 is 39.7. The van der Waals surface area contributed by atoms with Crippen molar-refractivity contribution in [2.45, 2.75) is 11.4 Å². The minimum atomic E-state index is -4.03. The van der Waals surface area contributed by atoms with Crippen LogP contribution < -0.4 is 10.5 Å². The number of hydrogen-bond donors (Lipinski definition) is 2. The van der Waals surface area contributed by atoms with Crippen LogP contribution in [-0.4, -0.2) is 19.9 Å². The summed E-state index contributed by atoms with van der Waals surface area (Å²) in [6, 6.07) is 9.10. The number of sulfonamides is 1. The number of nitrogens with zero attached hydrogens (tertiary/aromatic N) is 1. The number of pyridine rings is 1. The second-order valence-corrected chi connectivity index (χ2v) is 5.73. The molecule has 0 bridgehead atoms. The van der Waals surface area contributed by atoms with Gasteiger partial charge in [-0.05, 0) is 42.8 Å². The summed E-state index contributed by atoms with van der Waals surface area (Å²) in [5, 5.41) is -0.619. The third-order valence-corrected chi connectivity index (χ3v) is 3.93. The van der Waals surface area contributed by atoms with Crippen LogP contribution in [0.4, 0.5) is 10.1 Å². The second-order valence-electron chi connectivity index (χ2n) is 4.13. The number of halogens is 1. The highest BCUT2D eigenvalue weighted by Gasteiger charge is 2.20. The predicted molar refractivity (Wildman–Crippen MR) is 74.2 cm³/mol. The Kier molecular flexibility index (Phi) is 4.31. The second kappa shape index (κ2) is 5.98. The van der Waals surface area contributed by atoms with Crippen LogP contribution in [0.1, 0.15) is 5.56 Å². The standard InChI is InChI=1S/C13H14FN3O2S/c14-12-2-1-9-16-13(12)20(18,19)17-11-5-3-10(4-6-11)7-8-15/h1-6,9,17H,7-8,15H2. The molecule has 0 saturated heterocycles. The van der Waals surface area contributed by atoms with Crippen LogP contribution in [0.3, 0.4) is 0 Å². The van der Waals surface area contributed by atoms with Crippen LogP contribution in [0.5, 0.6) is 0 Å². The fourth-order valence-electron chi connectivity index (χ4n) is 1.68. The molecule has 0 atom stereocenters. The Hall–Kier alpha value is -1.99. The highest BCUT2D eigenvalue weighted by Crippen LogP contribution is 2.17. The summed E-state index contributed by atoms with van der Waals surface area (Å²) in [4.78, 5) is 3.55. The molecule has 0 unspecified atom stereocenters. The van der Waals surface area contributed by atoms with Crippen molar-refractivity contribution in [3.63, 3.8) is 0 Å². The SMILES string of the molecule is NCCc1ccc(NS(=O)(=O)c2ncccc2F)cc1. The maximum Gasteiger partial charge on any atom is 0.282 e.